The number of carbonyl (C=O) groups excluding carboxylic acids is 1. The smallest absolute Gasteiger partial charge is 0.223 e. The van der Waals surface area contributed by atoms with Crippen molar-refractivity contribution in [2.75, 3.05) is 13.1 Å². The molecule has 1 saturated heterocycles. The maximum atomic E-state index is 11.7. The van der Waals surface area contributed by atoms with E-state index in [1.165, 1.54) is 0 Å². The van der Waals surface area contributed by atoms with Crippen LogP contribution >= 0.6 is 0 Å². The summed E-state index contributed by atoms with van der Waals surface area (Å²) in [6.45, 7) is 1.97. The molecule has 1 aliphatic heterocycles. The van der Waals surface area contributed by atoms with Crippen LogP contribution in [0.2, 0.25) is 0 Å². The first-order valence-corrected chi connectivity index (χ1v) is 5.89. The molecule has 17 heavy (non-hydrogen) atoms. The summed E-state index contributed by atoms with van der Waals surface area (Å²) in [7, 11) is 0. The number of hydrogen-bond acceptors (Lipinski definition) is 3. The van der Waals surface area contributed by atoms with Gasteiger partial charge in [-0.2, -0.15) is 0 Å². The van der Waals surface area contributed by atoms with E-state index in [2.05, 4.69) is 0 Å². The van der Waals surface area contributed by atoms with E-state index in [0.29, 0.717) is 25.4 Å². The van der Waals surface area contributed by atoms with Crippen molar-refractivity contribution in [3.8, 4) is 0 Å². The van der Waals surface area contributed by atoms with Gasteiger partial charge in [-0.05, 0) is 23.6 Å². The minimum absolute atomic E-state index is 0.0349. The number of amides is 1. The number of likely N-dealkylation sites (tertiary alicyclic amines) is 1. The van der Waals surface area contributed by atoms with E-state index < -0.39 is 0 Å². The first-order chi connectivity index (χ1) is 8.22. The quantitative estimate of drug-likeness (QED) is 0.796. The molecule has 0 saturated carbocycles. The predicted molar refractivity (Wildman–Crippen MR) is 64.9 cm³/mol. The van der Waals surface area contributed by atoms with Gasteiger partial charge in [-0.15, -0.1) is 0 Å². The Balaban J connectivity index is 2.03. The second-order valence-corrected chi connectivity index (χ2v) is 4.56. The Labute approximate surface area is 101 Å². The highest BCUT2D eigenvalue weighted by atomic mass is 16.3. The number of nitrogens with zero attached hydrogens (tertiary/aromatic N) is 1. The first kappa shape index (κ1) is 12.1. The number of carbonyl (C=O) groups is 1. The molecule has 4 heteroatoms. The van der Waals surface area contributed by atoms with Crippen LogP contribution in [0, 0.1) is 5.92 Å². The summed E-state index contributed by atoms with van der Waals surface area (Å²) in [5.74, 6) is 0.471. The van der Waals surface area contributed by atoms with Crippen LogP contribution in [0.25, 0.3) is 0 Å². The SMILES string of the molecule is NCC1CC(=O)N(Cc2cccc(CO)c2)C1. The lowest BCUT2D eigenvalue weighted by Crippen LogP contribution is -2.25. The fourth-order valence-electron chi connectivity index (χ4n) is 2.21. The molecule has 0 radical (unpaired) electrons. The van der Waals surface area contributed by atoms with Crippen LogP contribution in [-0.4, -0.2) is 29.0 Å². The van der Waals surface area contributed by atoms with Crippen LogP contribution in [0.3, 0.4) is 0 Å². The van der Waals surface area contributed by atoms with Gasteiger partial charge in [-0.1, -0.05) is 24.3 Å². The van der Waals surface area contributed by atoms with Gasteiger partial charge < -0.3 is 15.7 Å². The molecule has 1 aromatic carbocycles. The summed E-state index contributed by atoms with van der Waals surface area (Å²) >= 11 is 0. The molecule has 1 aliphatic rings. The third kappa shape index (κ3) is 2.84. The van der Waals surface area contributed by atoms with Crippen LogP contribution in [0.15, 0.2) is 24.3 Å². The predicted octanol–water partition coefficient (Wildman–Crippen LogP) is 0.486. The molecule has 3 N–H and O–H groups in total. The van der Waals surface area contributed by atoms with Crippen LogP contribution < -0.4 is 5.73 Å². The summed E-state index contributed by atoms with van der Waals surface area (Å²) in [4.78, 5) is 13.6. The Kier molecular flexibility index (Phi) is 3.76. The van der Waals surface area contributed by atoms with Gasteiger partial charge >= 0.3 is 0 Å². The minimum atomic E-state index is 0.0349. The van der Waals surface area contributed by atoms with Crippen LogP contribution in [-0.2, 0) is 17.9 Å². The highest BCUT2D eigenvalue weighted by Gasteiger charge is 2.28. The van der Waals surface area contributed by atoms with E-state index in [0.717, 1.165) is 17.7 Å². The highest BCUT2D eigenvalue weighted by molar-refractivity contribution is 5.78. The van der Waals surface area contributed by atoms with Crippen molar-refractivity contribution in [2.24, 2.45) is 11.7 Å². The van der Waals surface area contributed by atoms with Gasteiger partial charge in [0, 0.05) is 19.5 Å². The average Bonchev–Trinajstić information content (AvgIpc) is 2.70. The first-order valence-electron chi connectivity index (χ1n) is 5.89. The summed E-state index contributed by atoms with van der Waals surface area (Å²) in [5, 5.41) is 9.06. The molecule has 0 bridgehead atoms. The molecule has 2 rings (SSSR count). The standard InChI is InChI=1S/C13H18N2O2/c14-6-12-5-13(17)15(8-12)7-10-2-1-3-11(4-10)9-16/h1-4,12,16H,5-9,14H2. The number of aliphatic hydroxyl groups excluding tert-OH is 1. The van der Waals surface area contributed by atoms with Gasteiger partial charge in [-0.3, -0.25) is 4.79 Å². The average molecular weight is 234 g/mol. The molecule has 1 unspecified atom stereocenters. The maximum absolute atomic E-state index is 11.7. The van der Waals surface area contributed by atoms with Gasteiger partial charge in [0.2, 0.25) is 5.91 Å². The van der Waals surface area contributed by atoms with Crippen molar-refractivity contribution in [3.05, 3.63) is 35.4 Å². The normalized spacial score (nSPS) is 20.0. The van der Waals surface area contributed by atoms with E-state index in [-0.39, 0.29) is 12.5 Å². The lowest BCUT2D eigenvalue weighted by Gasteiger charge is -2.16. The molecule has 1 fully saturated rings. The lowest BCUT2D eigenvalue weighted by atomic mass is 10.1. The zero-order valence-corrected chi connectivity index (χ0v) is 9.80. The van der Waals surface area contributed by atoms with E-state index >= 15 is 0 Å². The van der Waals surface area contributed by atoms with Gasteiger partial charge in [0.05, 0.1) is 6.61 Å². The van der Waals surface area contributed by atoms with Crippen molar-refractivity contribution in [3.63, 3.8) is 0 Å². The topological polar surface area (TPSA) is 66.6 Å². The van der Waals surface area contributed by atoms with E-state index in [1.807, 2.05) is 29.2 Å². The molecule has 92 valence electrons. The Morgan fingerprint density at radius 2 is 2.18 bits per heavy atom. The number of benzene rings is 1. The fourth-order valence-corrected chi connectivity index (χ4v) is 2.21. The Morgan fingerprint density at radius 1 is 1.41 bits per heavy atom. The van der Waals surface area contributed by atoms with Crippen LogP contribution in [0.4, 0.5) is 0 Å². The van der Waals surface area contributed by atoms with Gasteiger partial charge in [0.25, 0.3) is 0 Å². The Hall–Kier alpha value is -1.39. The number of hydrogen-bond donors (Lipinski definition) is 2. The van der Waals surface area contributed by atoms with Crippen molar-refractivity contribution in [2.45, 2.75) is 19.6 Å². The monoisotopic (exact) mass is 234 g/mol. The van der Waals surface area contributed by atoms with Gasteiger partial charge in [0.15, 0.2) is 0 Å². The molecule has 1 amide bonds. The highest BCUT2D eigenvalue weighted by Crippen LogP contribution is 2.19. The summed E-state index contributed by atoms with van der Waals surface area (Å²) in [6, 6.07) is 7.69. The number of nitrogens with two attached hydrogens (primary N) is 1. The van der Waals surface area contributed by atoms with Gasteiger partial charge in [-0.25, -0.2) is 0 Å². The van der Waals surface area contributed by atoms with Crippen molar-refractivity contribution >= 4 is 5.91 Å². The summed E-state index contributed by atoms with van der Waals surface area (Å²) in [6.07, 6.45) is 0.566. The molecule has 0 aromatic heterocycles. The van der Waals surface area contributed by atoms with Crippen molar-refractivity contribution in [1.82, 2.24) is 4.90 Å². The third-order valence-electron chi connectivity index (χ3n) is 3.18. The van der Waals surface area contributed by atoms with Gasteiger partial charge in [0.1, 0.15) is 0 Å². The van der Waals surface area contributed by atoms with E-state index in [1.54, 1.807) is 0 Å². The lowest BCUT2D eigenvalue weighted by molar-refractivity contribution is -0.128. The number of rotatable bonds is 4. The number of aliphatic hydroxyl groups is 1. The molecule has 0 spiro atoms. The second kappa shape index (κ2) is 5.29. The molecule has 1 heterocycles. The molecule has 4 nitrogen and oxygen atoms in total. The van der Waals surface area contributed by atoms with Crippen LogP contribution in [0.5, 0.6) is 0 Å². The van der Waals surface area contributed by atoms with Crippen molar-refractivity contribution in [1.29, 1.82) is 0 Å². The third-order valence-corrected chi connectivity index (χ3v) is 3.18. The van der Waals surface area contributed by atoms with Crippen LogP contribution in [0.1, 0.15) is 17.5 Å². The van der Waals surface area contributed by atoms with E-state index in [9.17, 15) is 4.79 Å². The molecular formula is C13H18N2O2. The largest absolute Gasteiger partial charge is 0.392 e. The fraction of sp³-hybridized carbons (Fsp3) is 0.462. The van der Waals surface area contributed by atoms with Crippen molar-refractivity contribution < 1.29 is 9.90 Å². The zero-order valence-electron chi connectivity index (χ0n) is 9.80. The second-order valence-electron chi connectivity index (χ2n) is 4.56. The van der Waals surface area contributed by atoms with E-state index in [4.69, 9.17) is 10.8 Å². The molecular weight excluding hydrogens is 216 g/mol. The Morgan fingerprint density at radius 3 is 2.82 bits per heavy atom. The Bertz CT molecular complexity index is 406. The minimum Gasteiger partial charge on any atom is -0.392 e. The molecule has 1 atom stereocenters. The molecule has 1 aromatic rings. The summed E-state index contributed by atoms with van der Waals surface area (Å²) < 4.78 is 0. The maximum Gasteiger partial charge on any atom is 0.223 e. The zero-order chi connectivity index (χ0) is 12.3. The molecule has 0 aliphatic carbocycles. The summed E-state index contributed by atoms with van der Waals surface area (Å²) in [5.41, 5.74) is 7.52.